The first-order valence-corrected chi connectivity index (χ1v) is 7.27. The second-order valence-corrected chi connectivity index (χ2v) is 5.51. The predicted octanol–water partition coefficient (Wildman–Crippen LogP) is 1.15. The maximum absolute atomic E-state index is 12.6. The molecule has 2 rings (SSSR count). The Balaban J connectivity index is 2.34. The van der Waals surface area contributed by atoms with Gasteiger partial charge in [0.05, 0.1) is 0 Å². The number of piperazine rings is 1. The number of aromatic nitrogens is 1. The van der Waals surface area contributed by atoms with Crippen LogP contribution in [-0.4, -0.2) is 39.8 Å². The summed E-state index contributed by atoms with van der Waals surface area (Å²) in [6.07, 6.45) is 2.28. The van der Waals surface area contributed by atoms with E-state index in [0.29, 0.717) is 18.7 Å². The van der Waals surface area contributed by atoms with Gasteiger partial charge in [0.25, 0.3) is 5.91 Å². The van der Waals surface area contributed by atoms with Crippen LogP contribution < -0.4 is 5.32 Å². The average Bonchev–Trinajstić information content (AvgIpc) is 2.78. The first-order valence-electron chi connectivity index (χ1n) is 6.48. The fraction of sp³-hybridized carbons (Fsp3) is 0.462. The summed E-state index contributed by atoms with van der Waals surface area (Å²) in [5.74, 6) is -1.15. The zero-order valence-corrected chi connectivity index (χ0v) is 12.9. The number of carbonyl (C=O) groups excluding carboxylic acids is 3. The molecule has 1 unspecified atom stereocenters. The molecule has 1 aromatic rings. The molecular weight excluding hydrogens is 326 g/mol. The molecule has 1 atom stereocenters. The van der Waals surface area contributed by atoms with Crippen LogP contribution in [-0.2, 0) is 16.1 Å². The van der Waals surface area contributed by atoms with Gasteiger partial charge in [0.2, 0.25) is 11.8 Å². The van der Waals surface area contributed by atoms with Crippen LogP contribution >= 0.6 is 15.9 Å². The average molecular weight is 342 g/mol. The maximum Gasteiger partial charge on any atom is 0.271 e. The van der Waals surface area contributed by atoms with E-state index in [-0.39, 0.29) is 12.5 Å². The van der Waals surface area contributed by atoms with E-state index >= 15 is 0 Å². The summed E-state index contributed by atoms with van der Waals surface area (Å²) >= 11 is 3.33. The molecule has 2 heterocycles. The standard InChI is InChI=1S/C13H16BrN3O3/c1-3-9-12(19)15-11(18)7-17(9)13(20)10-5-8(14)6-16(10)4-2/h5-6,9H,3-4,7H2,1-2H3,(H,15,18,19). The third-order valence-electron chi connectivity index (χ3n) is 3.33. The monoisotopic (exact) mass is 341 g/mol. The molecule has 6 nitrogen and oxygen atoms in total. The Morgan fingerprint density at radius 1 is 1.45 bits per heavy atom. The van der Waals surface area contributed by atoms with Crippen molar-refractivity contribution < 1.29 is 14.4 Å². The van der Waals surface area contributed by atoms with Crippen LogP contribution in [0.15, 0.2) is 16.7 Å². The molecule has 1 saturated heterocycles. The van der Waals surface area contributed by atoms with E-state index in [1.807, 2.05) is 13.8 Å². The van der Waals surface area contributed by atoms with Crippen LogP contribution in [0.4, 0.5) is 0 Å². The quantitative estimate of drug-likeness (QED) is 0.838. The highest BCUT2D eigenvalue weighted by Crippen LogP contribution is 2.19. The van der Waals surface area contributed by atoms with Crippen molar-refractivity contribution in [2.45, 2.75) is 32.9 Å². The molecule has 0 saturated carbocycles. The second-order valence-electron chi connectivity index (χ2n) is 4.60. The lowest BCUT2D eigenvalue weighted by atomic mass is 10.1. The van der Waals surface area contributed by atoms with Crippen molar-refractivity contribution in [2.75, 3.05) is 6.54 Å². The number of aryl methyl sites for hydroxylation is 1. The number of halogens is 1. The molecular formula is C13H16BrN3O3. The summed E-state index contributed by atoms with van der Waals surface area (Å²) in [5.41, 5.74) is 0.473. The van der Waals surface area contributed by atoms with Gasteiger partial charge in [0, 0.05) is 17.2 Å². The predicted molar refractivity (Wildman–Crippen MR) is 76.1 cm³/mol. The molecule has 20 heavy (non-hydrogen) atoms. The number of amides is 3. The Labute approximate surface area is 125 Å². The van der Waals surface area contributed by atoms with Crippen molar-refractivity contribution in [2.24, 2.45) is 0 Å². The fourth-order valence-electron chi connectivity index (χ4n) is 2.35. The highest BCUT2D eigenvalue weighted by Gasteiger charge is 2.36. The van der Waals surface area contributed by atoms with Crippen LogP contribution in [0.3, 0.4) is 0 Å². The van der Waals surface area contributed by atoms with Crippen LogP contribution in [0.2, 0.25) is 0 Å². The Bertz CT molecular complexity index is 567. The Morgan fingerprint density at radius 3 is 2.75 bits per heavy atom. The fourth-order valence-corrected chi connectivity index (χ4v) is 2.81. The van der Waals surface area contributed by atoms with Gasteiger partial charge in [-0.15, -0.1) is 0 Å². The van der Waals surface area contributed by atoms with Crippen molar-refractivity contribution in [1.29, 1.82) is 0 Å². The summed E-state index contributed by atoms with van der Waals surface area (Å²) in [6.45, 7) is 4.29. The van der Waals surface area contributed by atoms with Gasteiger partial charge in [-0.05, 0) is 35.3 Å². The largest absolute Gasteiger partial charge is 0.343 e. The first-order chi connectivity index (χ1) is 9.47. The Hall–Kier alpha value is -1.63. The molecule has 0 spiro atoms. The van der Waals surface area contributed by atoms with Crippen LogP contribution in [0, 0.1) is 0 Å². The van der Waals surface area contributed by atoms with Gasteiger partial charge in [-0.1, -0.05) is 6.92 Å². The maximum atomic E-state index is 12.6. The highest BCUT2D eigenvalue weighted by atomic mass is 79.9. The number of hydrogen-bond donors (Lipinski definition) is 1. The molecule has 1 fully saturated rings. The summed E-state index contributed by atoms with van der Waals surface area (Å²) in [6, 6.07) is 1.11. The van der Waals surface area contributed by atoms with Crippen molar-refractivity contribution in [3.63, 3.8) is 0 Å². The number of hydrogen-bond acceptors (Lipinski definition) is 3. The SMILES string of the molecule is CCC1C(=O)NC(=O)CN1C(=O)c1cc(Br)cn1CC. The lowest BCUT2D eigenvalue weighted by molar-refractivity contribution is -0.138. The zero-order valence-electron chi connectivity index (χ0n) is 11.4. The van der Waals surface area contributed by atoms with Crippen molar-refractivity contribution >= 4 is 33.7 Å². The third kappa shape index (κ3) is 2.63. The van der Waals surface area contributed by atoms with Gasteiger partial charge in [0.1, 0.15) is 18.3 Å². The van der Waals surface area contributed by atoms with E-state index in [2.05, 4.69) is 21.2 Å². The van der Waals surface area contributed by atoms with Gasteiger partial charge in [-0.3, -0.25) is 19.7 Å². The summed E-state index contributed by atoms with van der Waals surface area (Å²) in [7, 11) is 0. The minimum Gasteiger partial charge on any atom is -0.343 e. The molecule has 0 radical (unpaired) electrons. The van der Waals surface area contributed by atoms with E-state index in [1.54, 1.807) is 16.8 Å². The molecule has 1 aliphatic heterocycles. The third-order valence-corrected chi connectivity index (χ3v) is 3.76. The summed E-state index contributed by atoms with van der Waals surface area (Å²) in [5, 5.41) is 2.26. The van der Waals surface area contributed by atoms with E-state index in [1.165, 1.54) is 4.90 Å². The lowest BCUT2D eigenvalue weighted by Crippen LogP contribution is -2.59. The minimum absolute atomic E-state index is 0.0877. The number of nitrogens with one attached hydrogen (secondary N) is 1. The van der Waals surface area contributed by atoms with E-state index in [0.717, 1.165) is 4.47 Å². The first kappa shape index (κ1) is 14.8. The smallest absolute Gasteiger partial charge is 0.271 e. The number of rotatable bonds is 3. The molecule has 0 bridgehead atoms. The van der Waals surface area contributed by atoms with Crippen molar-refractivity contribution in [3.8, 4) is 0 Å². The second kappa shape index (κ2) is 5.78. The van der Waals surface area contributed by atoms with Gasteiger partial charge in [0.15, 0.2) is 0 Å². The Kier molecular flexibility index (Phi) is 4.27. The summed E-state index contributed by atoms with van der Waals surface area (Å²) in [4.78, 5) is 37.2. The molecule has 0 aliphatic carbocycles. The van der Waals surface area contributed by atoms with E-state index < -0.39 is 17.9 Å². The van der Waals surface area contributed by atoms with Gasteiger partial charge in [-0.25, -0.2) is 0 Å². The number of imide groups is 1. The minimum atomic E-state index is -0.598. The zero-order chi connectivity index (χ0) is 14.9. The Morgan fingerprint density at radius 2 is 2.15 bits per heavy atom. The lowest BCUT2D eigenvalue weighted by Gasteiger charge is -2.33. The van der Waals surface area contributed by atoms with Crippen LogP contribution in [0.5, 0.6) is 0 Å². The molecule has 1 aromatic heterocycles. The molecule has 3 amide bonds. The summed E-state index contributed by atoms with van der Waals surface area (Å²) < 4.78 is 2.58. The van der Waals surface area contributed by atoms with E-state index in [4.69, 9.17) is 0 Å². The normalized spacial score (nSPS) is 19.1. The van der Waals surface area contributed by atoms with Crippen molar-refractivity contribution in [1.82, 2.24) is 14.8 Å². The molecule has 108 valence electrons. The number of carbonyl (C=O) groups is 3. The van der Waals surface area contributed by atoms with Gasteiger partial charge in [-0.2, -0.15) is 0 Å². The highest BCUT2D eigenvalue weighted by molar-refractivity contribution is 9.10. The van der Waals surface area contributed by atoms with Gasteiger partial charge >= 0.3 is 0 Å². The molecule has 1 N–H and O–H groups in total. The molecule has 0 aromatic carbocycles. The van der Waals surface area contributed by atoms with Gasteiger partial charge < -0.3 is 9.47 Å². The van der Waals surface area contributed by atoms with Crippen molar-refractivity contribution in [3.05, 3.63) is 22.4 Å². The van der Waals surface area contributed by atoms with Crippen LogP contribution in [0.25, 0.3) is 0 Å². The molecule has 1 aliphatic rings. The van der Waals surface area contributed by atoms with Crippen LogP contribution in [0.1, 0.15) is 30.8 Å². The van der Waals surface area contributed by atoms with E-state index in [9.17, 15) is 14.4 Å². The number of nitrogens with zero attached hydrogens (tertiary/aromatic N) is 2. The molecule has 7 heteroatoms. The topological polar surface area (TPSA) is 71.4 Å².